The molecule has 0 aliphatic rings. The molecule has 2 heteroatoms. The lowest BCUT2D eigenvalue weighted by Crippen LogP contribution is -1.88. The lowest BCUT2D eigenvalue weighted by molar-refractivity contribution is 0.635. The molecule has 17 heavy (non-hydrogen) atoms. The van der Waals surface area contributed by atoms with Crippen molar-refractivity contribution in [1.29, 1.82) is 0 Å². The molecular formula is C15H9FN. The van der Waals surface area contributed by atoms with Crippen LogP contribution in [0.5, 0.6) is 0 Å². The van der Waals surface area contributed by atoms with Crippen LogP contribution in [0.25, 0.3) is 22.2 Å². The Morgan fingerprint density at radius 1 is 0.941 bits per heavy atom. The van der Waals surface area contributed by atoms with Gasteiger partial charge in [0, 0.05) is 17.0 Å². The molecule has 1 aromatic heterocycles. The SMILES string of the molecule is Fc1[c]ccc2ccc(-c3ccccc3)nc12. The summed E-state index contributed by atoms with van der Waals surface area (Å²) in [7, 11) is 0. The zero-order chi connectivity index (χ0) is 11.7. The van der Waals surface area contributed by atoms with E-state index in [1.165, 1.54) is 0 Å². The Balaban J connectivity index is 2.23. The lowest BCUT2D eigenvalue weighted by Gasteiger charge is -2.03. The van der Waals surface area contributed by atoms with Crippen molar-refractivity contribution in [2.45, 2.75) is 0 Å². The molecule has 0 unspecified atom stereocenters. The molecule has 0 saturated heterocycles. The number of rotatable bonds is 1. The van der Waals surface area contributed by atoms with Crippen molar-refractivity contribution in [3.8, 4) is 11.3 Å². The third-order valence-corrected chi connectivity index (χ3v) is 2.68. The Kier molecular flexibility index (Phi) is 2.33. The van der Waals surface area contributed by atoms with Crippen molar-refractivity contribution < 1.29 is 4.39 Å². The first-order valence-corrected chi connectivity index (χ1v) is 5.37. The van der Waals surface area contributed by atoms with E-state index >= 15 is 0 Å². The van der Waals surface area contributed by atoms with Crippen molar-refractivity contribution in [3.63, 3.8) is 0 Å². The molecule has 3 aromatic rings. The highest BCUT2D eigenvalue weighted by Crippen LogP contribution is 2.21. The summed E-state index contributed by atoms with van der Waals surface area (Å²) in [5, 5.41) is 0.793. The number of benzene rings is 2. The van der Waals surface area contributed by atoms with Gasteiger partial charge in [-0.25, -0.2) is 9.37 Å². The van der Waals surface area contributed by atoms with Crippen molar-refractivity contribution in [2.24, 2.45) is 0 Å². The molecule has 81 valence electrons. The molecule has 0 saturated carbocycles. The maximum absolute atomic E-state index is 13.6. The molecule has 0 aliphatic carbocycles. The van der Waals surface area contributed by atoms with Crippen LogP contribution in [0.4, 0.5) is 4.39 Å². The molecule has 0 atom stereocenters. The van der Waals surface area contributed by atoms with E-state index < -0.39 is 5.82 Å². The van der Waals surface area contributed by atoms with Gasteiger partial charge in [-0.3, -0.25) is 0 Å². The fraction of sp³-hybridized carbons (Fsp3) is 0. The Morgan fingerprint density at radius 2 is 1.76 bits per heavy atom. The molecule has 1 nitrogen and oxygen atoms in total. The van der Waals surface area contributed by atoms with Crippen LogP contribution in [0.3, 0.4) is 0 Å². The van der Waals surface area contributed by atoms with Gasteiger partial charge in [-0.2, -0.15) is 0 Å². The predicted molar refractivity (Wildman–Crippen MR) is 66.0 cm³/mol. The molecule has 1 heterocycles. The summed E-state index contributed by atoms with van der Waals surface area (Å²) in [6.07, 6.45) is 0. The second kappa shape index (κ2) is 3.98. The van der Waals surface area contributed by atoms with E-state index in [1.54, 1.807) is 12.1 Å². The minimum atomic E-state index is -0.403. The number of fused-ring (bicyclic) bond motifs is 1. The van der Waals surface area contributed by atoms with E-state index in [-0.39, 0.29) is 0 Å². The second-order valence-electron chi connectivity index (χ2n) is 3.79. The van der Waals surface area contributed by atoms with Gasteiger partial charge in [0.15, 0.2) is 5.82 Å². The molecule has 0 aliphatic heterocycles. The van der Waals surface area contributed by atoms with E-state index in [0.29, 0.717) is 5.52 Å². The summed E-state index contributed by atoms with van der Waals surface area (Å²) in [6.45, 7) is 0. The zero-order valence-corrected chi connectivity index (χ0v) is 9.02. The summed E-state index contributed by atoms with van der Waals surface area (Å²) in [4.78, 5) is 4.34. The van der Waals surface area contributed by atoms with E-state index in [4.69, 9.17) is 0 Å². The monoisotopic (exact) mass is 222 g/mol. The fourth-order valence-corrected chi connectivity index (χ4v) is 1.82. The summed E-state index contributed by atoms with van der Waals surface area (Å²) < 4.78 is 13.6. The highest BCUT2D eigenvalue weighted by Gasteiger charge is 2.04. The summed E-state index contributed by atoms with van der Waals surface area (Å²) >= 11 is 0. The van der Waals surface area contributed by atoms with E-state index in [9.17, 15) is 4.39 Å². The van der Waals surface area contributed by atoms with Gasteiger partial charge in [-0.15, -0.1) is 0 Å². The van der Waals surface area contributed by atoms with Gasteiger partial charge >= 0.3 is 0 Å². The standard InChI is InChI=1S/C15H9FN/c16-13-8-4-7-12-9-10-14(17-15(12)13)11-5-2-1-3-6-11/h1-7,9-10H. The normalized spacial score (nSPS) is 10.6. The van der Waals surface area contributed by atoms with E-state index in [0.717, 1.165) is 16.6 Å². The van der Waals surface area contributed by atoms with Crippen molar-refractivity contribution in [3.05, 3.63) is 66.5 Å². The third kappa shape index (κ3) is 1.78. The molecule has 0 N–H and O–H groups in total. The van der Waals surface area contributed by atoms with Gasteiger partial charge in [0.2, 0.25) is 0 Å². The summed E-state index contributed by atoms with van der Waals surface area (Å²) in [5.41, 5.74) is 2.13. The van der Waals surface area contributed by atoms with Crippen LogP contribution in [0.1, 0.15) is 0 Å². The lowest BCUT2D eigenvalue weighted by atomic mass is 10.1. The zero-order valence-electron chi connectivity index (χ0n) is 9.02. The van der Waals surface area contributed by atoms with Gasteiger partial charge in [0.05, 0.1) is 5.69 Å². The predicted octanol–water partition coefficient (Wildman–Crippen LogP) is 3.84. The topological polar surface area (TPSA) is 12.9 Å². The van der Waals surface area contributed by atoms with Gasteiger partial charge < -0.3 is 0 Å². The van der Waals surface area contributed by atoms with Crippen LogP contribution in [-0.2, 0) is 0 Å². The van der Waals surface area contributed by atoms with Gasteiger partial charge in [-0.05, 0) is 6.07 Å². The second-order valence-corrected chi connectivity index (χ2v) is 3.79. The third-order valence-electron chi connectivity index (χ3n) is 2.68. The number of halogens is 1. The Hall–Kier alpha value is -2.22. The minimum Gasteiger partial charge on any atom is -0.245 e. The smallest absolute Gasteiger partial charge is 0.157 e. The van der Waals surface area contributed by atoms with Crippen LogP contribution in [0.2, 0.25) is 0 Å². The molecule has 0 fully saturated rings. The maximum atomic E-state index is 13.6. The first kappa shape index (κ1) is 9.97. The Labute approximate surface area is 98.6 Å². The number of nitrogens with zero attached hydrogens (tertiary/aromatic N) is 1. The molecule has 2 aromatic carbocycles. The largest absolute Gasteiger partial charge is 0.245 e. The van der Waals surface area contributed by atoms with Crippen molar-refractivity contribution >= 4 is 10.9 Å². The quantitative estimate of drug-likeness (QED) is 0.609. The summed E-state index contributed by atoms with van der Waals surface area (Å²) in [5.74, 6) is -0.403. The van der Waals surface area contributed by atoms with Crippen molar-refractivity contribution in [1.82, 2.24) is 4.98 Å². The molecule has 0 spiro atoms. The van der Waals surface area contributed by atoms with Crippen LogP contribution in [0, 0.1) is 11.9 Å². The van der Waals surface area contributed by atoms with Crippen LogP contribution in [0.15, 0.2) is 54.6 Å². The van der Waals surface area contributed by atoms with Crippen LogP contribution < -0.4 is 0 Å². The number of aromatic nitrogens is 1. The number of pyridine rings is 1. The van der Waals surface area contributed by atoms with Crippen LogP contribution in [-0.4, -0.2) is 4.98 Å². The summed E-state index contributed by atoms with van der Waals surface area (Å²) in [6, 6.07) is 19.4. The highest BCUT2D eigenvalue weighted by molar-refractivity contribution is 5.81. The Bertz CT molecular complexity index is 662. The van der Waals surface area contributed by atoms with E-state index in [2.05, 4.69) is 11.1 Å². The molecule has 3 rings (SSSR count). The average molecular weight is 222 g/mol. The Morgan fingerprint density at radius 3 is 2.59 bits per heavy atom. The minimum absolute atomic E-state index is 0.369. The van der Waals surface area contributed by atoms with Crippen molar-refractivity contribution in [2.75, 3.05) is 0 Å². The average Bonchev–Trinajstić information content (AvgIpc) is 2.40. The molecular weight excluding hydrogens is 213 g/mol. The first-order chi connectivity index (χ1) is 8.34. The van der Waals surface area contributed by atoms with Gasteiger partial charge in [0.25, 0.3) is 0 Å². The number of hydrogen-bond donors (Lipinski definition) is 0. The fourth-order valence-electron chi connectivity index (χ4n) is 1.82. The molecule has 0 amide bonds. The first-order valence-electron chi connectivity index (χ1n) is 5.37. The molecule has 1 radical (unpaired) electrons. The highest BCUT2D eigenvalue weighted by atomic mass is 19.1. The van der Waals surface area contributed by atoms with E-state index in [1.807, 2.05) is 42.5 Å². The number of hydrogen-bond acceptors (Lipinski definition) is 1. The molecule has 0 bridgehead atoms. The van der Waals surface area contributed by atoms with Crippen LogP contribution >= 0.6 is 0 Å². The maximum Gasteiger partial charge on any atom is 0.157 e. The van der Waals surface area contributed by atoms with Gasteiger partial charge in [-0.1, -0.05) is 48.5 Å². The van der Waals surface area contributed by atoms with Gasteiger partial charge in [0.1, 0.15) is 5.52 Å².